The Hall–Kier alpha value is -3.24. The highest BCUT2D eigenvalue weighted by molar-refractivity contribution is 5.54. The summed E-state index contributed by atoms with van der Waals surface area (Å²) in [6.07, 6.45) is -0.902. The highest BCUT2D eigenvalue weighted by Crippen LogP contribution is 2.73. The lowest BCUT2D eigenvalue weighted by molar-refractivity contribution is -0.174. The quantitative estimate of drug-likeness (QED) is 0.425. The molecule has 0 radical (unpaired) electrons. The van der Waals surface area contributed by atoms with Crippen molar-refractivity contribution in [1.82, 2.24) is 0 Å². The van der Waals surface area contributed by atoms with E-state index in [0.717, 1.165) is 11.1 Å². The number of rotatable bonds is 3. The summed E-state index contributed by atoms with van der Waals surface area (Å²) in [4.78, 5) is 0. The Balaban J connectivity index is 1.72. The Morgan fingerprint density at radius 3 is 1.70 bits per heavy atom. The molecule has 4 aromatic rings. The lowest BCUT2D eigenvalue weighted by atomic mass is 9.69. The van der Waals surface area contributed by atoms with E-state index in [2.05, 4.69) is 0 Å². The number of aliphatic hydroxyl groups is 3. The van der Waals surface area contributed by atoms with Crippen molar-refractivity contribution in [1.29, 1.82) is 0 Å². The molecule has 6 unspecified atom stereocenters. The molecule has 6 rings (SSSR count). The lowest BCUT2D eigenvalue weighted by Crippen LogP contribution is -2.49. The summed E-state index contributed by atoms with van der Waals surface area (Å²) < 4.78 is 0. The van der Waals surface area contributed by atoms with Gasteiger partial charge in [-0.05, 0) is 27.8 Å². The van der Waals surface area contributed by atoms with Gasteiger partial charge in [0.25, 0.3) is 0 Å². The van der Waals surface area contributed by atoms with E-state index in [1.54, 1.807) is 0 Å². The maximum Gasteiger partial charge on any atom is 0.130 e. The van der Waals surface area contributed by atoms with Crippen molar-refractivity contribution >= 4 is 0 Å². The van der Waals surface area contributed by atoms with E-state index >= 15 is 0 Å². The van der Waals surface area contributed by atoms with E-state index in [9.17, 15) is 15.3 Å². The van der Waals surface area contributed by atoms with Crippen molar-refractivity contribution in [3.8, 4) is 0 Å². The molecule has 1 saturated carbocycles. The van der Waals surface area contributed by atoms with Crippen molar-refractivity contribution in [2.45, 2.75) is 29.1 Å². The zero-order valence-corrected chi connectivity index (χ0v) is 18.1. The molecule has 6 atom stereocenters. The largest absolute Gasteiger partial charge is 0.388 e. The average molecular weight is 435 g/mol. The van der Waals surface area contributed by atoms with Crippen LogP contribution in [-0.2, 0) is 11.2 Å². The third-order valence-electron chi connectivity index (χ3n) is 7.85. The van der Waals surface area contributed by atoms with Crippen LogP contribution in [-0.4, -0.2) is 15.3 Å². The molecular formula is C30H26O3. The number of fused-ring (bicyclic) bond motifs is 3. The molecule has 0 spiro atoms. The fraction of sp³-hybridized carbons (Fsp3) is 0.200. The summed E-state index contributed by atoms with van der Waals surface area (Å²) in [7, 11) is 0. The molecule has 3 nitrogen and oxygen atoms in total. The van der Waals surface area contributed by atoms with E-state index in [0.29, 0.717) is 16.7 Å². The number of aliphatic hydroxyl groups excluding tert-OH is 1. The Labute approximate surface area is 193 Å². The zero-order valence-electron chi connectivity index (χ0n) is 18.1. The molecule has 0 aromatic heterocycles. The van der Waals surface area contributed by atoms with Crippen LogP contribution in [0.3, 0.4) is 0 Å². The van der Waals surface area contributed by atoms with E-state index in [1.807, 2.05) is 115 Å². The van der Waals surface area contributed by atoms with E-state index in [-0.39, 0.29) is 5.92 Å². The Bertz CT molecular complexity index is 1270. The third kappa shape index (κ3) is 2.61. The van der Waals surface area contributed by atoms with E-state index in [1.165, 1.54) is 0 Å². The van der Waals surface area contributed by atoms with Gasteiger partial charge in [-0.1, -0.05) is 115 Å². The fourth-order valence-corrected chi connectivity index (χ4v) is 6.60. The molecule has 4 aromatic carbocycles. The van der Waals surface area contributed by atoms with Crippen molar-refractivity contribution in [3.05, 3.63) is 143 Å². The predicted molar refractivity (Wildman–Crippen MR) is 127 cm³/mol. The zero-order chi connectivity index (χ0) is 22.6. The second kappa shape index (κ2) is 7.39. The normalized spacial score (nSPS) is 32.3. The van der Waals surface area contributed by atoms with Gasteiger partial charge in [-0.3, -0.25) is 0 Å². The molecule has 0 bridgehead atoms. The van der Waals surface area contributed by atoms with Crippen LogP contribution in [0.15, 0.2) is 115 Å². The molecule has 164 valence electrons. The SMILES string of the molecule is OC1c2ccccc2C2(O)C1C(c1ccccc1)C(c1ccccc1)C2(O)c1ccccc1. The van der Waals surface area contributed by atoms with Gasteiger partial charge in [0, 0.05) is 17.8 Å². The van der Waals surface area contributed by atoms with Gasteiger partial charge < -0.3 is 15.3 Å². The molecule has 1 fully saturated rings. The summed E-state index contributed by atoms with van der Waals surface area (Å²) in [6, 6.07) is 36.8. The summed E-state index contributed by atoms with van der Waals surface area (Å²) >= 11 is 0. The predicted octanol–water partition coefficient (Wildman–Crippen LogP) is 5.01. The minimum atomic E-state index is -1.68. The molecule has 0 aliphatic heterocycles. The van der Waals surface area contributed by atoms with Crippen LogP contribution in [0.5, 0.6) is 0 Å². The lowest BCUT2D eigenvalue weighted by Gasteiger charge is -2.42. The molecule has 3 N–H and O–H groups in total. The second-order valence-corrected chi connectivity index (χ2v) is 9.28. The van der Waals surface area contributed by atoms with Gasteiger partial charge in [-0.25, -0.2) is 0 Å². The van der Waals surface area contributed by atoms with Crippen molar-refractivity contribution in [3.63, 3.8) is 0 Å². The van der Waals surface area contributed by atoms with Gasteiger partial charge in [0.2, 0.25) is 0 Å². The molecule has 2 aliphatic carbocycles. The van der Waals surface area contributed by atoms with Crippen LogP contribution >= 0.6 is 0 Å². The van der Waals surface area contributed by atoms with Crippen molar-refractivity contribution in [2.24, 2.45) is 5.92 Å². The Kier molecular flexibility index (Phi) is 4.56. The maximum atomic E-state index is 12.8. The van der Waals surface area contributed by atoms with Gasteiger partial charge >= 0.3 is 0 Å². The standard InChI is InChI=1S/C30H26O3/c31-28-23-18-10-11-19-24(23)30(33)27(28)25(20-12-4-1-5-13-20)26(21-14-6-2-7-15-21)29(30,32)22-16-8-3-9-17-22/h1-19,25-28,31-33H. The van der Waals surface area contributed by atoms with Crippen LogP contribution in [0.25, 0.3) is 0 Å². The van der Waals surface area contributed by atoms with E-state index in [4.69, 9.17) is 0 Å². The van der Waals surface area contributed by atoms with Gasteiger partial charge in [-0.2, -0.15) is 0 Å². The molecule has 0 heterocycles. The molecule has 0 saturated heterocycles. The minimum absolute atomic E-state index is 0.314. The summed E-state index contributed by atoms with van der Waals surface area (Å²) in [5.74, 6) is -1.40. The molecule has 0 amide bonds. The number of hydrogen-bond donors (Lipinski definition) is 3. The van der Waals surface area contributed by atoms with Gasteiger partial charge in [0.1, 0.15) is 11.2 Å². The van der Waals surface area contributed by atoms with Gasteiger partial charge in [0.15, 0.2) is 0 Å². The smallest absolute Gasteiger partial charge is 0.130 e. The molecule has 3 heteroatoms. The molecular weight excluding hydrogens is 408 g/mol. The Morgan fingerprint density at radius 2 is 1.06 bits per heavy atom. The van der Waals surface area contributed by atoms with Crippen molar-refractivity contribution in [2.75, 3.05) is 0 Å². The van der Waals surface area contributed by atoms with Gasteiger partial charge in [-0.15, -0.1) is 0 Å². The Morgan fingerprint density at radius 1 is 0.545 bits per heavy atom. The highest BCUT2D eigenvalue weighted by Gasteiger charge is 2.74. The maximum absolute atomic E-state index is 12.8. The van der Waals surface area contributed by atoms with Crippen LogP contribution < -0.4 is 0 Å². The summed E-state index contributed by atoms with van der Waals surface area (Å²) in [5, 5.41) is 37.1. The fourth-order valence-electron chi connectivity index (χ4n) is 6.60. The van der Waals surface area contributed by atoms with Crippen LogP contribution in [0, 0.1) is 5.92 Å². The third-order valence-corrected chi connectivity index (χ3v) is 7.85. The van der Waals surface area contributed by atoms with Crippen LogP contribution in [0.2, 0.25) is 0 Å². The molecule has 33 heavy (non-hydrogen) atoms. The van der Waals surface area contributed by atoms with Crippen molar-refractivity contribution < 1.29 is 15.3 Å². The van der Waals surface area contributed by atoms with Crippen LogP contribution in [0.4, 0.5) is 0 Å². The van der Waals surface area contributed by atoms with Crippen LogP contribution in [0.1, 0.15) is 45.8 Å². The van der Waals surface area contributed by atoms with E-state index < -0.39 is 29.1 Å². The first kappa shape index (κ1) is 20.4. The second-order valence-electron chi connectivity index (χ2n) is 9.28. The monoisotopic (exact) mass is 434 g/mol. The first-order valence-electron chi connectivity index (χ1n) is 11.5. The summed E-state index contributed by atoms with van der Waals surface area (Å²) in [5.41, 5.74) is 0.534. The first-order valence-corrected chi connectivity index (χ1v) is 11.5. The minimum Gasteiger partial charge on any atom is -0.388 e. The first-order chi connectivity index (χ1) is 16.1. The number of benzene rings is 4. The summed E-state index contributed by atoms with van der Waals surface area (Å²) in [6.45, 7) is 0. The highest BCUT2D eigenvalue weighted by atomic mass is 16.4. The number of hydrogen-bond acceptors (Lipinski definition) is 3. The van der Waals surface area contributed by atoms with Gasteiger partial charge in [0.05, 0.1) is 6.10 Å². The molecule has 2 aliphatic rings. The average Bonchev–Trinajstić information content (AvgIpc) is 3.24. The topological polar surface area (TPSA) is 60.7 Å².